The van der Waals surface area contributed by atoms with Gasteiger partial charge in [0.25, 0.3) is 11.5 Å². The molecule has 0 saturated carbocycles. The molecule has 2 heterocycles. The smallest absolute Gasteiger partial charge is 0.255 e. The number of carbonyl (C=O) groups is 1. The Kier molecular flexibility index (Phi) is 3.24. The number of carbonyl (C=O) groups excluding carboxylic acids is 1. The fraction of sp³-hybridized carbons (Fsp3) is 0.200. The third-order valence-corrected chi connectivity index (χ3v) is 3.49. The van der Waals surface area contributed by atoms with E-state index >= 15 is 0 Å². The number of hydrogen-bond donors (Lipinski definition) is 1. The lowest BCUT2D eigenvalue weighted by Crippen LogP contribution is -2.39. The Morgan fingerprint density at radius 3 is 2.81 bits per heavy atom. The van der Waals surface area contributed by atoms with Gasteiger partial charge in [0.2, 0.25) is 5.82 Å². The van der Waals surface area contributed by atoms with Crippen LogP contribution < -0.4 is 5.56 Å². The Labute approximate surface area is 120 Å². The molecule has 1 amide bonds. The molecule has 104 valence electrons. The van der Waals surface area contributed by atoms with Gasteiger partial charge in [-0.2, -0.15) is 5.26 Å². The quantitative estimate of drug-likeness (QED) is 0.838. The number of aromatic amines is 1. The number of fused-ring (bicyclic) bond motifs is 1. The molecule has 0 bridgehead atoms. The standard InChI is InChI=1S/C15H12N4O2/c16-8-13-17-12-9-19(7-6-11(12)14(20)18-13)15(21)10-4-2-1-3-5-10/h1-5H,6-7,9H2,(H,17,18,20). The number of aromatic nitrogens is 2. The predicted octanol–water partition coefficient (Wildman–Crippen LogP) is 0.840. The third kappa shape index (κ3) is 2.41. The average Bonchev–Trinajstić information content (AvgIpc) is 2.54. The number of amides is 1. The van der Waals surface area contributed by atoms with Crippen molar-refractivity contribution in [1.29, 1.82) is 5.26 Å². The van der Waals surface area contributed by atoms with E-state index in [0.717, 1.165) is 0 Å². The SMILES string of the molecule is N#Cc1nc2c(c(=O)[nH]1)CCN(C(=O)c1ccccc1)C2. The summed E-state index contributed by atoms with van der Waals surface area (Å²) in [6.07, 6.45) is 0.446. The van der Waals surface area contributed by atoms with Gasteiger partial charge < -0.3 is 4.90 Å². The highest BCUT2D eigenvalue weighted by Crippen LogP contribution is 2.16. The number of benzene rings is 1. The molecule has 2 aromatic rings. The normalized spacial score (nSPS) is 13.4. The number of rotatable bonds is 1. The van der Waals surface area contributed by atoms with Crippen LogP contribution in [0.2, 0.25) is 0 Å². The van der Waals surface area contributed by atoms with E-state index in [2.05, 4.69) is 9.97 Å². The van der Waals surface area contributed by atoms with Gasteiger partial charge in [-0.25, -0.2) is 4.98 Å². The Morgan fingerprint density at radius 2 is 2.10 bits per heavy atom. The van der Waals surface area contributed by atoms with Crippen LogP contribution in [0, 0.1) is 11.3 Å². The van der Waals surface area contributed by atoms with Gasteiger partial charge in [0, 0.05) is 17.7 Å². The predicted molar refractivity (Wildman–Crippen MR) is 74.5 cm³/mol. The molecule has 1 N–H and O–H groups in total. The average molecular weight is 280 g/mol. The van der Waals surface area contributed by atoms with E-state index in [9.17, 15) is 9.59 Å². The van der Waals surface area contributed by atoms with Gasteiger partial charge >= 0.3 is 0 Å². The number of nitrogens with one attached hydrogen (secondary N) is 1. The van der Waals surface area contributed by atoms with Crippen molar-refractivity contribution in [3.8, 4) is 6.07 Å². The molecular formula is C15H12N4O2. The van der Waals surface area contributed by atoms with Crippen molar-refractivity contribution in [1.82, 2.24) is 14.9 Å². The van der Waals surface area contributed by atoms with Crippen molar-refractivity contribution in [2.45, 2.75) is 13.0 Å². The number of H-pyrrole nitrogens is 1. The number of nitrogens with zero attached hydrogens (tertiary/aromatic N) is 3. The molecule has 0 unspecified atom stereocenters. The fourth-order valence-corrected chi connectivity index (χ4v) is 2.43. The van der Waals surface area contributed by atoms with E-state index in [-0.39, 0.29) is 23.8 Å². The molecule has 1 aromatic carbocycles. The van der Waals surface area contributed by atoms with Gasteiger partial charge in [-0.05, 0) is 18.6 Å². The number of hydrogen-bond acceptors (Lipinski definition) is 4. The summed E-state index contributed by atoms with van der Waals surface area (Å²) in [5, 5.41) is 8.85. The van der Waals surface area contributed by atoms with Crippen molar-refractivity contribution >= 4 is 5.91 Å². The van der Waals surface area contributed by atoms with E-state index in [4.69, 9.17) is 5.26 Å². The first-order valence-electron chi connectivity index (χ1n) is 6.55. The fourth-order valence-electron chi connectivity index (χ4n) is 2.43. The van der Waals surface area contributed by atoms with Crippen LogP contribution in [0.1, 0.15) is 27.4 Å². The van der Waals surface area contributed by atoms with Crippen molar-refractivity contribution in [3.63, 3.8) is 0 Å². The molecule has 0 saturated heterocycles. The van der Waals surface area contributed by atoms with E-state index < -0.39 is 0 Å². The second-order valence-electron chi connectivity index (χ2n) is 4.79. The minimum Gasteiger partial charge on any atom is -0.332 e. The number of nitriles is 1. The van der Waals surface area contributed by atoms with Gasteiger partial charge in [0.15, 0.2) is 0 Å². The molecule has 21 heavy (non-hydrogen) atoms. The summed E-state index contributed by atoms with van der Waals surface area (Å²) in [7, 11) is 0. The molecule has 1 aliphatic heterocycles. The molecule has 1 aliphatic rings. The summed E-state index contributed by atoms with van der Waals surface area (Å²) in [5.41, 5.74) is 1.38. The Balaban J connectivity index is 1.91. The van der Waals surface area contributed by atoms with Gasteiger partial charge in [0.05, 0.1) is 12.2 Å². The Bertz CT molecular complexity index is 790. The van der Waals surface area contributed by atoms with Crippen LogP contribution in [0.4, 0.5) is 0 Å². The largest absolute Gasteiger partial charge is 0.332 e. The first-order valence-corrected chi connectivity index (χ1v) is 6.55. The van der Waals surface area contributed by atoms with Gasteiger partial charge in [0.1, 0.15) is 6.07 Å². The molecule has 0 spiro atoms. The van der Waals surface area contributed by atoms with Crippen molar-refractivity contribution < 1.29 is 4.79 Å². The van der Waals surface area contributed by atoms with Crippen LogP contribution in [-0.2, 0) is 13.0 Å². The zero-order valence-electron chi connectivity index (χ0n) is 11.2. The minimum atomic E-state index is -0.289. The van der Waals surface area contributed by atoms with Crippen LogP contribution in [0.15, 0.2) is 35.1 Å². The molecule has 1 aromatic heterocycles. The van der Waals surface area contributed by atoms with Crippen LogP contribution in [-0.4, -0.2) is 27.3 Å². The molecule has 6 heteroatoms. The highest BCUT2D eigenvalue weighted by Gasteiger charge is 2.24. The third-order valence-electron chi connectivity index (χ3n) is 3.49. The molecule has 3 rings (SSSR count). The lowest BCUT2D eigenvalue weighted by atomic mass is 10.1. The Morgan fingerprint density at radius 1 is 1.33 bits per heavy atom. The van der Waals surface area contributed by atoms with Crippen LogP contribution in [0.5, 0.6) is 0 Å². The maximum absolute atomic E-state index is 12.4. The maximum Gasteiger partial charge on any atom is 0.255 e. The summed E-state index contributed by atoms with van der Waals surface area (Å²) in [4.78, 5) is 32.4. The first-order chi connectivity index (χ1) is 10.2. The monoisotopic (exact) mass is 280 g/mol. The minimum absolute atomic E-state index is 0.0206. The second kappa shape index (κ2) is 5.21. The van der Waals surface area contributed by atoms with Gasteiger partial charge in [-0.15, -0.1) is 0 Å². The van der Waals surface area contributed by atoms with Crippen molar-refractivity contribution in [3.05, 3.63) is 63.3 Å². The maximum atomic E-state index is 12.4. The van der Waals surface area contributed by atoms with Gasteiger partial charge in [-0.3, -0.25) is 14.6 Å². The van der Waals surface area contributed by atoms with E-state index in [1.54, 1.807) is 17.0 Å². The molecule has 0 radical (unpaired) electrons. The summed E-state index contributed by atoms with van der Waals surface area (Å²) < 4.78 is 0. The van der Waals surface area contributed by atoms with Crippen LogP contribution >= 0.6 is 0 Å². The topological polar surface area (TPSA) is 89.8 Å². The van der Waals surface area contributed by atoms with Crippen LogP contribution in [0.25, 0.3) is 0 Å². The zero-order valence-corrected chi connectivity index (χ0v) is 11.2. The van der Waals surface area contributed by atoms with E-state index in [1.807, 2.05) is 24.3 Å². The van der Waals surface area contributed by atoms with E-state index in [0.29, 0.717) is 29.8 Å². The van der Waals surface area contributed by atoms with Gasteiger partial charge in [-0.1, -0.05) is 18.2 Å². The molecule has 0 aliphatic carbocycles. The molecule has 0 atom stereocenters. The Hall–Kier alpha value is -2.94. The summed E-state index contributed by atoms with van der Waals surface area (Å²) >= 11 is 0. The van der Waals surface area contributed by atoms with Crippen molar-refractivity contribution in [2.75, 3.05) is 6.54 Å². The summed E-state index contributed by atoms with van der Waals surface area (Å²) in [6, 6.07) is 10.8. The highest BCUT2D eigenvalue weighted by atomic mass is 16.2. The summed E-state index contributed by atoms with van der Waals surface area (Å²) in [5.74, 6) is -0.116. The van der Waals surface area contributed by atoms with Crippen molar-refractivity contribution in [2.24, 2.45) is 0 Å². The highest BCUT2D eigenvalue weighted by molar-refractivity contribution is 5.94. The molecule has 6 nitrogen and oxygen atoms in total. The summed E-state index contributed by atoms with van der Waals surface area (Å²) in [6.45, 7) is 0.721. The molecular weight excluding hydrogens is 268 g/mol. The lowest BCUT2D eigenvalue weighted by molar-refractivity contribution is 0.0731. The van der Waals surface area contributed by atoms with Crippen LogP contribution in [0.3, 0.4) is 0 Å². The lowest BCUT2D eigenvalue weighted by Gasteiger charge is -2.27. The zero-order chi connectivity index (χ0) is 14.8. The molecule has 0 fully saturated rings. The second-order valence-corrected chi connectivity index (χ2v) is 4.79. The van der Waals surface area contributed by atoms with E-state index in [1.165, 1.54) is 0 Å². The first kappa shape index (κ1) is 13.1.